The van der Waals surface area contributed by atoms with Crippen molar-refractivity contribution in [1.29, 1.82) is 0 Å². The van der Waals surface area contributed by atoms with E-state index in [0.29, 0.717) is 24.0 Å². The van der Waals surface area contributed by atoms with Crippen LogP contribution in [0.15, 0.2) is 66.7 Å². The fraction of sp³-hybridized carbons (Fsp3) is 0.200. The highest BCUT2D eigenvalue weighted by Crippen LogP contribution is 2.37. The Morgan fingerprint density at radius 1 is 1.03 bits per heavy atom. The van der Waals surface area contributed by atoms with Gasteiger partial charge in [0, 0.05) is 16.5 Å². The normalized spacial score (nSPS) is 15.6. The molecule has 4 aromatic rings. The lowest BCUT2D eigenvalue weighted by Crippen LogP contribution is -2.12. The van der Waals surface area contributed by atoms with Gasteiger partial charge in [-0.15, -0.1) is 0 Å². The Balaban J connectivity index is 1.61. The second-order valence-corrected chi connectivity index (χ2v) is 7.49. The molecule has 0 saturated heterocycles. The SMILES string of the molecule is COc1cccc(-c2nc(NC3CCCOc4c(F)cccc43)c3ccccc3n2)c1. The van der Waals surface area contributed by atoms with Crippen molar-refractivity contribution in [3.05, 3.63) is 78.1 Å². The molecule has 3 aromatic carbocycles. The van der Waals surface area contributed by atoms with Gasteiger partial charge in [0.15, 0.2) is 17.4 Å². The van der Waals surface area contributed by atoms with E-state index >= 15 is 0 Å². The first kappa shape index (κ1) is 19.3. The van der Waals surface area contributed by atoms with Gasteiger partial charge in [0.25, 0.3) is 0 Å². The summed E-state index contributed by atoms with van der Waals surface area (Å²) in [5.74, 6) is 2.05. The summed E-state index contributed by atoms with van der Waals surface area (Å²) in [7, 11) is 1.64. The number of halogens is 1. The molecule has 6 heteroatoms. The molecular formula is C25H22FN3O2. The highest BCUT2D eigenvalue weighted by Gasteiger charge is 2.23. The number of ether oxygens (including phenoxy) is 2. The molecule has 5 rings (SSSR count). The molecule has 1 atom stereocenters. The number of para-hydroxylation sites is 2. The molecule has 31 heavy (non-hydrogen) atoms. The van der Waals surface area contributed by atoms with Crippen LogP contribution in [0.4, 0.5) is 10.2 Å². The number of hydrogen-bond acceptors (Lipinski definition) is 5. The number of aromatic nitrogens is 2. The molecule has 0 radical (unpaired) electrons. The summed E-state index contributed by atoms with van der Waals surface area (Å²) in [6, 6.07) is 20.5. The molecular weight excluding hydrogens is 393 g/mol. The van der Waals surface area contributed by atoms with E-state index in [-0.39, 0.29) is 11.9 Å². The third-order valence-corrected chi connectivity index (χ3v) is 5.50. The van der Waals surface area contributed by atoms with Crippen LogP contribution in [-0.4, -0.2) is 23.7 Å². The van der Waals surface area contributed by atoms with Crippen molar-refractivity contribution in [2.45, 2.75) is 18.9 Å². The van der Waals surface area contributed by atoms with E-state index in [2.05, 4.69) is 5.32 Å². The van der Waals surface area contributed by atoms with Gasteiger partial charge < -0.3 is 14.8 Å². The first-order valence-corrected chi connectivity index (χ1v) is 10.3. The third kappa shape index (κ3) is 3.77. The average molecular weight is 415 g/mol. The number of benzene rings is 3. The van der Waals surface area contributed by atoms with Crippen molar-refractivity contribution in [2.75, 3.05) is 19.0 Å². The molecule has 0 amide bonds. The fourth-order valence-corrected chi connectivity index (χ4v) is 3.96. The minimum absolute atomic E-state index is 0.121. The maximum absolute atomic E-state index is 14.4. The highest BCUT2D eigenvalue weighted by atomic mass is 19.1. The van der Waals surface area contributed by atoms with Gasteiger partial charge in [0.1, 0.15) is 11.6 Å². The maximum Gasteiger partial charge on any atom is 0.165 e. The Morgan fingerprint density at radius 3 is 2.81 bits per heavy atom. The summed E-state index contributed by atoms with van der Waals surface area (Å²) in [5, 5.41) is 4.47. The van der Waals surface area contributed by atoms with Crippen molar-refractivity contribution < 1.29 is 13.9 Å². The number of nitrogens with zero attached hydrogens (tertiary/aromatic N) is 2. The Hall–Kier alpha value is -3.67. The number of fused-ring (bicyclic) bond motifs is 2. The molecule has 1 aliphatic heterocycles. The number of methoxy groups -OCH3 is 1. The van der Waals surface area contributed by atoms with Crippen LogP contribution in [0, 0.1) is 5.82 Å². The molecule has 1 aromatic heterocycles. The van der Waals surface area contributed by atoms with E-state index < -0.39 is 0 Å². The Labute approximate surface area is 179 Å². The molecule has 1 aliphatic rings. The Morgan fingerprint density at radius 2 is 1.90 bits per heavy atom. The summed E-state index contributed by atoms with van der Waals surface area (Å²) in [5.41, 5.74) is 2.51. The van der Waals surface area contributed by atoms with Crippen molar-refractivity contribution in [2.24, 2.45) is 0 Å². The van der Waals surface area contributed by atoms with Crippen LogP contribution < -0.4 is 14.8 Å². The number of hydrogen-bond donors (Lipinski definition) is 1. The van der Waals surface area contributed by atoms with Gasteiger partial charge in [0.05, 0.1) is 25.3 Å². The van der Waals surface area contributed by atoms with Gasteiger partial charge in [-0.05, 0) is 43.2 Å². The lowest BCUT2D eigenvalue weighted by molar-refractivity contribution is 0.301. The Kier molecular flexibility index (Phi) is 5.12. The van der Waals surface area contributed by atoms with E-state index in [0.717, 1.165) is 40.6 Å². The molecule has 0 fully saturated rings. The topological polar surface area (TPSA) is 56.3 Å². The quantitative estimate of drug-likeness (QED) is 0.459. The van der Waals surface area contributed by atoms with Gasteiger partial charge >= 0.3 is 0 Å². The fourth-order valence-electron chi connectivity index (χ4n) is 3.96. The van der Waals surface area contributed by atoms with Crippen LogP contribution in [-0.2, 0) is 0 Å². The zero-order valence-electron chi connectivity index (χ0n) is 17.1. The number of nitrogens with one attached hydrogen (secondary N) is 1. The molecule has 1 N–H and O–H groups in total. The van der Waals surface area contributed by atoms with Crippen LogP contribution in [0.25, 0.3) is 22.3 Å². The summed E-state index contributed by atoms with van der Waals surface area (Å²) in [4.78, 5) is 9.61. The summed E-state index contributed by atoms with van der Waals surface area (Å²) in [6.07, 6.45) is 1.63. The highest BCUT2D eigenvalue weighted by molar-refractivity contribution is 5.90. The van der Waals surface area contributed by atoms with Crippen molar-refractivity contribution in [3.63, 3.8) is 0 Å². The van der Waals surface area contributed by atoms with Crippen LogP contribution in [0.1, 0.15) is 24.4 Å². The lowest BCUT2D eigenvalue weighted by Gasteiger charge is -2.20. The minimum atomic E-state index is -0.337. The van der Waals surface area contributed by atoms with E-state index in [1.54, 1.807) is 13.2 Å². The van der Waals surface area contributed by atoms with Gasteiger partial charge in [0.2, 0.25) is 0 Å². The first-order valence-electron chi connectivity index (χ1n) is 10.3. The predicted molar refractivity (Wildman–Crippen MR) is 119 cm³/mol. The summed E-state index contributed by atoms with van der Waals surface area (Å²) in [6.45, 7) is 0.492. The first-order chi connectivity index (χ1) is 15.2. The summed E-state index contributed by atoms with van der Waals surface area (Å²) >= 11 is 0. The monoisotopic (exact) mass is 415 g/mol. The zero-order valence-corrected chi connectivity index (χ0v) is 17.1. The molecule has 0 spiro atoms. The molecule has 5 nitrogen and oxygen atoms in total. The molecule has 156 valence electrons. The second kappa shape index (κ2) is 8.22. The largest absolute Gasteiger partial charge is 0.497 e. The van der Waals surface area contributed by atoms with Gasteiger partial charge in [-0.1, -0.05) is 36.4 Å². The summed E-state index contributed by atoms with van der Waals surface area (Å²) < 4.78 is 25.4. The van der Waals surface area contributed by atoms with E-state index in [4.69, 9.17) is 19.4 Å². The van der Waals surface area contributed by atoms with Gasteiger partial charge in [-0.2, -0.15) is 0 Å². The van der Waals surface area contributed by atoms with Gasteiger partial charge in [-0.25, -0.2) is 14.4 Å². The van der Waals surface area contributed by atoms with Gasteiger partial charge in [-0.3, -0.25) is 0 Å². The molecule has 0 bridgehead atoms. The Bertz CT molecular complexity index is 1240. The minimum Gasteiger partial charge on any atom is -0.497 e. The maximum atomic E-state index is 14.4. The van der Waals surface area contributed by atoms with E-state index in [1.807, 2.05) is 54.6 Å². The third-order valence-electron chi connectivity index (χ3n) is 5.50. The van der Waals surface area contributed by atoms with Crippen molar-refractivity contribution in [3.8, 4) is 22.9 Å². The molecule has 0 aliphatic carbocycles. The van der Waals surface area contributed by atoms with Crippen molar-refractivity contribution in [1.82, 2.24) is 9.97 Å². The predicted octanol–water partition coefficient (Wildman–Crippen LogP) is 5.77. The van der Waals surface area contributed by atoms with Crippen LogP contribution >= 0.6 is 0 Å². The number of rotatable bonds is 4. The van der Waals surface area contributed by atoms with Crippen LogP contribution in [0.5, 0.6) is 11.5 Å². The molecule has 0 saturated carbocycles. The van der Waals surface area contributed by atoms with Crippen LogP contribution in [0.2, 0.25) is 0 Å². The lowest BCUT2D eigenvalue weighted by atomic mass is 10.0. The number of anilines is 1. The van der Waals surface area contributed by atoms with Crippen molar-refractivity contribution >= 4 is 16.7 Å². The smallest absolute Gasteiger partial charge is 0.165 e. The second-order valence-electron chi connectivity index (χ2n) is 7.49. The standard InChI is InChI=1S/C25H22FN3O2/c1-30-17-8-4-7-16(15-17)24-27-22-12-3-2-9-19(22)25(29-24)28-21-13-6-14-31-23-18(21)10-5-11-20(23)26/h2-5,7-12,15,21H,6,13-14H2,1H3,(H,27,28,29). The average Bonchev–Trinajstić information content (AvgIpc) is 3.02. The molecule has 1 unspecified atom stereocenters. The zero-order chi connectivity index (χ0) is 21.2. The van der Waals surface area contributed by atoms with E-state index in [9.17, 15) is 4.39 Å². The molecule has 2 heterocycles. The van der Waals surface area contributed by atoms with Crippen LogP contribution in [0.3, 0.4) is 0 Å². The van der Waals surface area contributed by atoms with E-state index in [1.165, 1.54) is 6.07 Å².